The van der Waals surface area contributed by atoms with Gasteiger partial charge in [-0.25, -0.2) is 8.42 Å². The molecule has 1 atom stereocenters. The first kappa shape index (κ1) is 17.6. The predicted molar refractivity (Wildman–Crippen MR) is 83.0 cm³/mol. The second-order valence-electron chi connectivity index (χ2n) is 4.13. The Labute approximate surface area is 135 Å². The molecular weight excluding hydrogens is 414 g/mol. The number of nitrogens with one attached hydrogen (secondary N) is 1. The van der Waals surface area contributed by atoms with Gasteiger partial charge in [-0.05, 0) is 54.4 Å². The average Bonchev–Trinajstić information content (AvgIpc) is 2.33. The zero-order chi connectivity index (χ0) is 15.5. The molecule has 0 aromatic heterocycles. The van der Waals surface area contributed by atoms with Gasteiger partial charge in [0.15, 0.2) is 0 Å². The lowest BCUT2D eigenvalue weighted by molar-refractivity contribution is -0.144. The molecule has 5 nitrogen and oxygen atoms in total. The minimum absolute atomic E-state index is 0.0612. The molecule has 0 fully saturated rings. The zero-order valence-corrected chi connectivity index (χ0v) is 15.2. The number of halogens is 2. The quantitative estimate of drug-likeness (QED) is 0.731. The van der Waals surface area contributed by atoms with E-state index in [0.717, 1.165) is 5.56 Å². The molecule has 0 bridgehead atoms. The number of rotatable bonds is 5. The summed E-state index contributed by atoms with van der Waals surface area (Å²) in [4.78, 5) is 11.5. The van der Waals surface area contributed by atoms with Gasteiger partial charge in [-0.1, -0.05) is 15.9 Å². The third-order valence-electron chi connectivity index (χ3n) is 2.47. The van der Waals surface area contributed by atoms with Crippen molar-refractivity contribution >= 4 is 47.9 Å². The van der Waals surface area contributed by atoms with Gasteiger partial charge in [0.1, 0.15) is 6.04 Å². The maximum Gasteiger partial charge on any atom is 0.323 e. The second kappa shape index (κ2) is 7.02. The fraction of sp³-hybridized carbons (Fsp3) is 0.417. The molecule has 0 saturated carbocycles. The van der Waals surface area contributed by atoms with Crippen molar-refractivity contribution in [2.45, 2.75) is 31.7 Å². The smallest absolute Gasteiger partial charge is 0.323 e. The van der Waals surface area contributed by atoms with Crippen molar-refractivity contribution < 1.29 is 17.9 Å². The highest BCUT2D eigenvalue weighted by molar-refractivity contribution is 9.11. The number of carbonyl (C=O) groups excluding carboxylic acids is 1. The van der Waals surface area contributed by atoms with E-state index in [-0.39, 0.29) is 11.5 Å². The van der Waals surface area contributed by atoms with Crippen molar-refractivity contribution in [1.82, 2.24) is 4.72 Å². The average molecular weight is 429 g/mol. The van der Waals surface area contributed by atoms with Crippen LogP contribution in [0.15, 0.2) is 26.0 Å². The summed E-state index contributed by atoms with van der Waals surface area (Å²) in [5, 5.41) is 0. The molecule has 8 heteroatoms. The van der Waals surface area contributed by atoms with Gasteiger partial charge < -0.3 is 4.74 Å². The van der Waals surface area contributed by atoms with Crippen LogP contribution in [0.1, 0.15) is 19.4 Å². The molecule has 1 N–H and O–H groups in total. The van der Waals surface area contributed by atoms with Gasteiger partial charge in [-0.2, -0.15) is 4.72 Å². The van der Waals surface area contributed by atoms with Gasteiger partial charge in [-0.15, -0.1) is 0 Å². The standard InChI is InChI=1S/C12H15Br2NO4S/c1-4-19-12(16)8(3)15-20(17,18)11-6-9(13)7(2)5-10(11)14/h5-6,8,15H,4H2,1-3H3. The van der Waals surface area contributed by atoms with Crippen LogP contribution in [0.25, 0.3) is 0 Å². The van der Waals surface area contributed by atoms with Crippen LogP contribution in [0.4, 0.5) is 0 Å². The Hall–Kier alpha value is -0.440. The lowest BCUT2D eigenvalue weighted by Gasteiger charge is -2.14. The van der Waals surface area contributed by atoms with Gasteiger partial charge in [0.05, 0.1) is 11.5 Å². The molecule has 0 aliphatic carbocycles. The van der Waals surface area contributed by atoms with E-state index in [2.05, 4.69) is 36.6 Å². The Bertz CT molecular complexity index is 616. The van der Waals surface area contributed by atoms with Crippen LogP contribution in [-0.4, -0.2) is 27.0 Å². The Morgan fingerprint density at radius 1 is 1.35 bits per heavy atom. The first-order valence-electron chi connectivity index (χ1n) is 5.83. The minimum Gasteiger partial charge on any atom is -0.465 e. The number of hydrogen-bond donors (Lipinski definition) is 1. The maximum absolute atomic E-state index is 12.3. The van der Waals surface area contributed by atoms with Crippen molar-refractivity contribution in [2.24, 2.45) is 0 Å². The molecule has 0 aliphatic rings. The highest BCUT2D eigenvalue weighted by Crippen LogP contribution is 2.28. The molecule has 112 valence electrons. The highest BCUT2D eigenvalue weighted by Gasteiger charge is 2.25. The summed E-state index contributed by atoms with van der Waals surface area (Å²) in [6.07, 6.45) is 0. The van der Waals surface area contributed by atoms with Crippen molar-refractivity contribution in [3.8, 4) is 0 Å². The number of aryl methyl sites for hydroxylation is 1. The van der Waals surface area contributed by atoms with E-state index >= 15 is 0 Å². The van der Waals surface area contributed by atoms with Crippen LogP contribution in [0.2, 0.25) is 0 Å². The number of benzene rings is 1. The van der Waals surface area contributed by atoms with Crippen molar-refractivity contribution in [2.75, 3.05) is 6.61 Å². The summed E-state index contributed by atoms with van der Waals surface area (Å²) in [7, 11) is -3.82. The van der Waals surface area contributed by atoms with Crippen LogP contribution >= 0.6 is 31.9 Å². The van der Waals surface area contributed by atoms with Crippen LogP contribution in [0.3, 0.4) is 0 Å². The summed E-state index contributed by atoms with van der Waals surface area (Å²) in [6, 6.07) is 2.22. The molecule has 20 heavy (non-hydrogen) atoms. The van der Waals surface area contributed by atoms with E-state index in [9.17, 15) is 13.2 Å². The van der Waals surface area contributed by atoms with E-state index in [1.54, 1.807) is 13.0 Å². The lowest BCUT2D eigenvalue weighted by atomic mass is 10.2. The van der Waals surface area contributed by atoms with E-state index in [1.165, 1.54) is 13.0 Å². The first-order chi connectivity index (χ1) is 9.19. The Balaban J connectivity index is 3.06. The highest BCUT2D eigenvalue weighted by atomic mass is 79.9. The summed E-state index contributed by atoms with van der Waals surface area (Å²) in [5.41, 5.74) is 0.897. The van der Waals surface area contributed by atoms with Crippen molar-refractivity contribution in [3.63, 3.8) is 0 Å². The maximum atomic E-state index is 12.3. The van der Waals surface area contributed by atoms with E-state index in [0.29, 0.717) is 8.95 Å². The fourth-order valence-electron chi connectivity index (χ4n) is 1.45. The first-order valence-corrected chi connectivity index (χ1v) is 8.90. The molecule has 0 spiro atoms. The second-order valence-corrected chi connectivity index (χ2v) is 7.52. The molecule has 0 amide bonds. The SMILES string of the molecule is CCOC(=O)C(C)NS(=O)(=O)c1cc(Br)c(C)cc1Br. The lowest BCUT2D eigenvalue weighted by Crippen LogP contribution is -2.39. The summed E-state index contributed by atoms with van der Waals surface area (Å²) < 4.78 is 32.7. The van der Waals surface area contributed by atoms with Gasteiger partial charge in [0.25, 0.3) is 0 Å². The number of esters is 1. The zero-order valence-electron chi connectivity index (χ0n) is 11.2. The van der Waals surface area contributed by atoms with E-state index < -0.39 is 22.0 Å². The predicted octanol–water partition coefficient (Wildman–Crippen LogP) is 2.75. The summed E-state index contributed by atoms with van der Waals surface area (Å²) in [5.74, 6) is -0.613. The third-order valence-corrected chi connectivity index (χ3v) is 5.83. The third kappa shape index (κ3) is 4.28. The van der Waals surface area contributed by atoms with Crippen LogP contribution in [0, 0.1) is 6.92 Å². The molecule has 1 aromatic carbocycles. The summed E-state index contributed by atoms with van der Waals surface area (Å²) in [6.45, 7) is 5.14. The molecule has 0 heterocycles. The van der Waals surface area contributed by atoms with Gasteiger partial charge in [0, 0.05) is 8.95 Å². The number of hydrogen-bond acceptors (Lipinski definition) is 4. The minimum atomic E-state index is -3.82. The molecule has 1 rings (SSSR count). The van der Waals surface area contributed by atoms with Gasteiger partial charge >= 0.3 is 5.97 Å². The topological polar surface area (TPSA) is 72.5 Å². The Morgan fingerprint density at radius 2 is 1.95 bits per heavy atom. The molecule has 0 aliphatic heterocycles. The Kier molecular flexibility index (Phi) is 6.18. The summed E-state index contributed by atoms with van der Waals surface area (Å²) >= 11 is 6.51. The number of ether oxygens (including phenoxy) is 1. The molecular formula is C12H15Br2NO4S. The van der Waals surface area contributed by atoms with Crippen LogP contribution < -0.4 is 4.72 Å². The molecule has 0 saturated heterocycles. The van der Waals surface area contributed by atoms with E-state index in [1.807, 2.05) is 6.92 Å². The van der Waals surface area contributed by atoms with E-state index in [4.69, 9.17) is 4.74 Å². The van der Waals surface area contributed by atoms with Crippen LogP contribution in [0.5, 0.6) is 0 Å². The molecule has 1 unspecified atom stereocenters. The van der Waals surface area contributed by atoms with Gasteiger partial charge in [-0.3, -0.25) is 4.79 Å². The largest absolute Gasteiger partial charge is 0.465 e. The van der Waals surface area contributed by atoms with Gasteiger partial charge in [0.2, 0.25) is 10.0 Å². The van der Waals surface area contributed by atoms with Crippen LogP contribution in [-0.2, 0) is 19.6 Å². The number of carbonyl (C=O) groups is 1. The van der Waals surface area contributed by atoms with Crippen molar-refractivity contribution in [1.29, 1.82) is 0 Å². The van der Waals surface area contributed by atoms with Crippen molar-refractivity contribution in [3.05, 3.63) is 26.6 Å². The normalized spacial score (nSPS) is 13.1. The molecule has 0 radical (unpaired) electrons. The monoisotopic (exact) mass is 427 g/mol. The molecule has 1 aromatic rings. The number of sulfonamides is 1. The fourth-order valence-corrected chi connectivity index (χ4v) is 4.31. The Morgan fingerprint density at radius 3 is 2.50 bits per heavy atom.